The fourth-order valence-electron chi connectivity index (χ4n) is 2.02. The molecule has 0 aliphatic carbocycles. The van der Waals surface area contributed by atoms with Crippen molar-refractivity contribution in [1.29, 1.82) is 0 Å². The summed E-state index contributed by atoms with van der Waals surface area (Å²) in [4.78, 5) is 2.64. The average molecular weight is 187 g/mol. The van der Waals surface area contributed by atoms with E-state index in [1.54, 1.807) is 0 Å². The largest absolute Gasteiger partial charge is 0.426 e. The first-order valence-electron chi connectivity index (χ1n) is 5.11. The highest BCUT2D eigenvalue weighted by atomic mass is 28.2. The minimum absolute atomic E-state index is 0.266. The van der Waals surface area contributed by atoms with Crippen molar-refractivity contribution < 1.29 is 4.43 Å². The summed E-state index contributed by atoms with van der Waals surface area (Å²) in [6.45, 7) is 4.86. The van der Waals surface area contributed by atoms with Gasteiger partial charge in [-0.2, -0.15) is 0 Å². The van der Waals surface area contributed by atoms with Gasteiger partial charge < -0.3 is 9.33 Å². The van der Waals surface area contributed by atoms with Gasteiger partial charge in [0, 0.05) is 12.8 Å². The van der Waals surface area contributed by atoms with E-state index in [-0.39, 0.29) is 9.76 Å². The number of rotatable bonds is 4. The Hall–Kier alpha value is 0.137. The Morgan fingerprint density at radius 3 is 3.00 bits per heavy atom. The summed E-state index contributed by atoms with van der Waals surface area (Å²) < 4.78 is 5.36. The molecule has 0 N–H and O–H groups in total. The van der Waals surface area contributed by atoms with Crippen molar-refractivity contribution in [2.75, 3.05) is 20.2 Å². The van der Waals surface area contributed by atoms with E-state index in [9.17, 15) is 0 Å². The molecule has 1 saturated heterocycles. The van der Waals surface area contributed by atoms with Crippen molar-refractivity contribution >= 4 is 9.76 Å². The molecule has 0 aromatic rings. The SMILES string of the molecule is CCCN1CCCCC1[SiH2]OC. The van der Waals surface area contributed by atoms with Crippen LogP contribution >= 0.6 is 0 Å². The molecular weight excluding hydrogens is 166 g/mol. The van der Waals surface area contributed by atoms with Crippen LogP contribution in [0.15, 0.2) is 0 Å². The number of piperidine rings is 1. The summed E-state index contributed by atoms with van der Waals surface area (Å²) in [5.41, 5.74) is 0.837. The van der Waals surface area contributed by atoms with Crippen molar-refractivity contribution in [2.45, 2.75) is 38.3 Å². The first kappa shape index (κ1) is 10.2. The van der Waals surface area contributed by atoms with E-state index in [4.69, 9.17) is 4.43 Å². The van der Waals surface area contributed by atoms with Crippen molar-refractivity contribution in [2.24, 2.45) is 0 Å². The molecule has 1 rings (SSSR count). The molecule has 1 atom stereocenters. The summed E-state index contributed by atoms with van der Waals surface area (Å²) in [5.74, 6) is 0. The summed E-state index contributed by atoms with van der Waals surface area (Å²) in [5, 5.41) is 0. The van der Waals surface area contributed by atoms with Gasteiger partial charge in [-0.25, -0.2) is 0 Å². The van der Waals surface area contributed by atoms with E-state index in [1.807, 2.05) is 7.11 Å². The predicted octanol–water partition coefficient (Wildman–Crippen LogP) is 0.939. The van der Waals surface area contributed by atoms with Crippen LogP contribution in [0.2, 0.25) is 0 Å². The van der Waals surface area contributed by atoms with Gasteiger partial charge in [0.1, 0.15) is 0 Å². The van der Waals surface area contributed by atoms with Gasteiger partial charge >= 0.3 is 0 Å². The molecule has 0 bridgehead atoms. The van der Waals surface area contributed by atoms with Gasteiger partial charge in [0.2, 0.25) is 0 Å². The summed E-state index contributed by atoms with van der Waals surface area (Å²) in [7, 11) is 1.60. The average Bonchev–Trinajstić information content (AvgIpc) is 2.09. The monoisotopic (exact) mass is 187 g/mol. The third-order valence-corrected chi connectivity index (χ3v) is 4.26. The fraction of sp³-hybridized carbons (Fsp3) is 1.00. The smallest absolute Gasteiger partial charge is 0.177 e. The van der Waals surface area contributed by atoms with Gasteiger partial charge in [-0.1, -0.05) is 13.3 Å². The van der Waals surface area contributed by atoms with Crippen LogP contribution < -0.4 is 0 Å². The summed E-state index contributed by atoms with van der Waals surface area (Å²) in [6, 6.07) is 0. The minimum atomic E-state index is -0.266. The number of hydrogen-bond donors (Lipinski definition) is 0. The molecule has 12 heavy (non-hydrogen) atoms. The van der Waals surface area contributed by atoms with Gasteiger partial charge in [0.25, 0.3) is 0 Å². The van der Waals surface area contributed by atoms with E-state index in [2.05, 4.69) is 11.8 Å². The zero-order valence-electron chi connectivity index (χ0n) is 8.38. The third-order valence-electron chi connectivity index (χ3n) is 2.62. The lowest BCUT2D eigenvalue weighted by atomic mass is 10.1. The maximum atomic E-state index is 5.36. The highest BCUT2D eigenvalue weighted by Gasteiger charge is 2.21. The molecule has 2 nitrogen and oxygen atoms in total. The molecule has 1 aliphatic heterocycles. The zero-order valence-corrected chi connectivity index (χ0v) is 9.80. The highest BCUT2D eigenvalue weighted by molar-refractivity contribution is 6.29. The van der Waals surface area contributed by atoms with Crippen LogP contribution in [0.4, 0.5) is 0 Å². The molecule has 72 valence electrons. The second kappa shape index (κ2) is 5.73. The fourth-order valence-corrected chi connectivity index (χ4v) is 3.44. The van der Waals surface area contributed by atoms with Crippen LogP contribution in [-0.4, -0.2) is 40.5 Å². The predicted molar refractivity (Wildman–Crippen MR) is 55.1 cm³/mol. The molecule has 0 aromatic heterocycles. The van der Waals surface area contributed by atoms with E-state index in [0.717, 1.165) is 5.67 Å². The first-order chi connectivity index (χ1) is 5.88. The molecule has 3 heteroatoms. The lowest BCUT2D eigenvalue weighted by molar-refractivity contribution is 0.186. The highest BCUT2D eigenvalue weighted by Crippen LogP contribution is 2.16. The molecule has 0 saturated carbocycles. The standard InChI is InChI=1S/C9H21NOSi/c1-3-7-10-8-5-4-6-9(10)12-11-2/h9H,3-8,12H2,1-2H3. The molecule has 1 aliphatic rings. The van der Waals surface area contributed by atoms with E-state index in [1.165, 1.54) is 38.8 Å². The lowest BCUT2D eigenvalue weighted by Crippen LogP contribution is -2.44. The van der Waals surface area contributed by atoms with Crippen molar-refractivity contribution in [1.82, 2.24) is 4.90 Å². The van der Waals surface area contributed by atoms with Gasteiger partial charge in [-0.3, -0.25) is 0 Å². The quantitative estimate of drug-likeness (QED) is 0.607. The molecule has 0 radical (unpaired) electrons. The summed E-state index contributed by atoms with van der Waals surface area (Å²) >= 11 is 0. The van der Waals surface area contributed by atoms with Crippen LogP contribution in [0.5, 0.6) is 0 Å². The van der Waals surface area contributed by atoms with Crippen LogP contribution in [0.1, 0.15) is 32.6 Å². The Kier molecular flexibility index (Phi) is 4.88. The molecule has 0 aromatic carbocycles. The third kappa shape index (κ3) is 2.88. The van der Waals surface area contributed by atoms with Gasteiger partial charge in [0.05, 0.1) is 0 Å². The number of likely N-dealkylation sites (tertiary alicyclic amines) is 1. The van der Waals surface area contributed by atoms with Crippen LogP contribution in [0.3, 0.4) is 0 Å². The van der Waals surface area contributed by atoms with E-state index >= 15 is 0 Å². The van der Waals surface area contributed by atoms with Gasteiger partial charge in [-0.05, 0) is 32.4 Å². The number of nitrogens with zero attached hydrogens (tertiary/aromatic N) is 1. The van der Waals surface area contributed by atoms with Crippen molar-refractivity contribution in [3.63, 3.8) is 0 Å². The van der Waals surface area contributed by atoms with E-state index in [0.29, 0.717) is 0 Å². The molecule has 1 heterocycles. The lowest BCUT2D eigenvalue weighted by Gasteiger charge is -2.34. The Morgan fingerprint density at radius 2 is 2.33 bits per heavy atom. The Bertz CT molecular complexity index is 103. The van der Waals surface area contributed by atoms with Crippen LogP contribution in [-0.2, 0) is 4.43 Å². The topological polar surface area (TPSA) is 12.5 Å². The molecule has 0 amide bonds. The van der Waals surface area contributed by atoms with Crippen LogP contribution in [0, 0.1) is 0 Å². The Balaban J connectivity index is 2.31. The molecule has 1 unspecified atom stereocenters. The summed E-state index contributed by atoms with van der Waals surface area (Å²) in [6.07, 6.45) is 5.49. The zero-order chi connectivity index (χ0) is 8.81. The molecule has 0 spiro atoms. The van der Waals surface area contributed by atoms with Crippen molar-refractivity contribution in [3.05, 3.63) is 0 Å². The Labute approximate surface area is 78.2 Å². The maximum Gasteiger partial charge on any atom is 0.177 e. The van der Waals surface area contributed by atoms with Crippen LogP contribution in [0.25, 0.3) is 0 Å². The molecular formula is C9H21NOSi. The second-order valence-electron chi connectivity index (χ2n) is 3.64. The maximum absolute atomic E-state index is 5.36. The first-order valence-corrected chi connectivity index (χ1v) is 6.51. The second-order valence-corrected chi connectivity index (χ2v) is 5.49. The number of hydrogen-bond acceptors (Lipinski definition) is 2. The normalized spacial score (nSPS) is 27.0. The molecule has 1 fully saturated rings. The van der Waals surface area contributed by atoms with Crippen molar-refractivity contribution in [3.8, 4) is 0 Å². The van der Waals surface area contributed by atoms with Gasteiger partial charge in [0.15, 0.2) is 9.76 Å². The minimum Gasteiger partial charge on any atom is -0.426 e. The van der Waals surface area contributed by atoms with Gasteiger partial charge in [-0.15, -0.1) is 0 Å². The Morgan fingerprint density at radius 1 is 1.50 bits per heavy atom. The van der Waals surface area contributed by atoms with E-state index < -0.39 is 0 Å².